The molecular weight excluding hydrogens is 368 g/mol. The van der Waals surface area contributed by atoms with E-state index in [1.807, 2.05) is 30.3 Å². The number of carbonyl (C=O) groups is 1. The van der Waals surface area contributed by atoms with Gasteiger partial charge in [0.1, 0.15) is 12.6 Å². The Bertz CT molecular complexity index is 767. The molecule has 0 fully saturated rings. The van der Waals surface area contributed by atoms with E-state index in [9.17, 15) is 13.2 Å². The van der Waals surface area contributed by atoms with Gasteiger partial charge in [0.05, 0.1) is 4.90 Å². The number of hydrogen-bond donors (Lipinski definition) is 3. The van der Waals surface area contributed by atoms with Gasteiger partial charge >= 0.3 is 5.97 Å². The molecule has 0 aliphatic rings. The van der Waals surface area contributed by atoms with Gasteiger partial charge in [0.25, 0.3) is 10.1 Å². The fraction of sp³-hybridized carbons (Fsp3) is 0.316. The van der Waals surface area contributed by atoms with Gasteiger partial charge in [0.2, 0.25) is 0 Å². The molecule has 7 nitrogen and oxygen atoms in total. The normalized spacial score (nSPS) is 11.8. The van der Waals surface area contributed by atoms with Gasteiger partial charge in [0.15, 0.2) is 0 Å². The summed E-state index contributed by atoms with van der Waals surface area (Å²) in [5.74, 6) is -0.342. The number of carbonyl (C=O) groups excluding carboxylic acids is 1. The quantitative estimate of drug-likeness (QED) is 0.355. The average Bonchev–Trinajstić information content (AvgIpc) is 2.67. The Kier molecular flexibility index (Phi) is 10.3. The summed E-state index contributed by atoms with van der Waals surface area (Å²) in [5.41, 5.74) is 12.0. The fourth-order valence-electron chi connectivity index (χ4n) is 2.05. The predicted molar refractivity (Wildman–Crippen MR) is 103 cm³/mol. The van der Waals surface area contributed by atoms with Crippen molar-refractivity contribution in [2.75, 3.05) is 6.54 Å². The molecule has 0 unspecified atom stereocenters. The lowest BCUT2D eigenvalue weighted by Crippen LogP contribution is -2.32. The summed E-state index contributed by atoms with van der Waals surface area (Å²) in [6.07, 6.45) is 2.38. The van der Waals surface area contributed by atoms with E-state index in [0.29, 0.717) is 13.0 Å². The number of nitrogens with two attached hydrogens (primary N) is 2. The van der Waals surface area contributed by atoms with Crippen molar-refractivity contribution in [3.05, 3.63) is 66.2 Å². The van der Waals surface area contributed by atoms with Crippen LogP contribution in [-0.4, -0.2) is 31.5 Å². The maximum absolute atomic E-state index is 11.5. The molecule has 0 spiro atoms. The minimum atomic E-state index is -4.00. The molecule has 2 aromatic rings. The van der Waals surface area contributed by atoms with Crippen molar-refractivity contribution >= 4 is 16.1 Å². The molecule has 0 saturated heterocycles. The van der Waals surface area contributed by atoms with Crippen LogP contribution in [0.15, 0.2) is 65.6 Å². The van der Waals surface area contributed by atoms with Crippen LogP contribution in [-0.2, 0) is 26.3 Å². The van der Waals surface area contributed by atoms with E-state index in [1.54, 1.807) is 18.2 Å². The van der Waals surface area contributed by atoms with E-state index in [1.165, 1.54) is 12.1 Å². The molecule has 0 aliphatic heterocycles. The number of hydrogen-bond acceptors (Lipinski definition) is 6. The summed E-state index contributed by atoms with van der Waals surface area (Å²) in [7, 11) is -4.00. The first-order valence-electron chi connectivity index (χ1n) is 8.53. The topological polar surface area (TPSA) is 133 Å². The number of esters is 1. The number of ether oxygens (including phenoxy) is 1. The van der Waals surface area contributed by atoms with E-state index >= 15 is 0 Å². The Morgan fingerprint density at radius 2 is 1.56 bits per heavy atom. The van der Waals surface area contributed by atoms with Crippen molar-refractivity contribution in [3.8, 4) is 0 Å². The second-order valence-corrected chi connectivity index (χ2v) is 7.19. The summed E-state index contributed by atoms with van der Waals surface area (Å²) < 4.78 is 34.4. The van der Waals surface area contributed by atoms with Gasteiger partial charge in [-0.2, -0.15) is 8.42 Å². The van der Waals surface area contributed by atoms with Crippen LogP contribution in [0.3, 0.4) is 0 Å². The smallest absolute Gasteiger partial charge is 0.323 e. The Hall–Kier alpha value is -2.26. The van der Waals surface area contributed by atoms with E-state index in [-0.39, 0.29) is 17.5 Å². The van der Waals surface area contributed by atoms with Gasteiger partial charge in [-0.3, -0.25) is 9.35 Å². The molecule has 0 bridgehead atoms. The Labute approximate surface area is 160 Å². The van der Waals surface area contributed by atoms with E-state index in [4.69, 9.17) is 20.8 Å². The lowest BCUT2D eigenvalue weighted by molar-refractivity contribution is -0.146. The first kappa shape index (κ1) is 22.8. The van der Waals surface area contributed by atoms with Gasteiger partial charge in [-0.15, -0.1) is 0 Å². The Morgan fingerprint density at radius 3 is 2.04 bits per heavy atom. The molecule has 2 aromatic carbocycles. The second kappa shape index (κ2) is 12.2. The van der Waals surface area contributed by atoms with Gasteiger partial charge in [-0.1, -0.05) is 55.0 Å². The predicted octanol–water partition coefficient (Wildman–Crippen LogP) is 2.12. The zero-order valence-corrected chi connectivity index (χ0v) is 15.8. The molecule has 0 amide bonds. The zero-order chi connectivity index (χ0) is 20.1. The molecule has 8 heteroatoms. The minimum absolute atomic E-state index is 0.0741. The number of rotatable bonds is 8. The van der Waals surface area contributed by atoms with E-state index in [0.717, 1.165) is 18.4 Å². The van der Waals surface area contributed by atoms with Crippen molar-refractivity contribution in [1.29, 1.82) is 0 Å². The standard InChI is InChI=1S/C13H20N2O2.C6H6O3S/c14-9-5-4-8-12(15)13(16)17-10-11-6-2-1-3-7-11;7-10(8,9)6-4-2-1-3-5-6/h1-3,6-7,12H,4-5,8-10,14-15H2;1-5H,(H,7,8,9)/t12-;/m0./s1. The maximum atomic E-state index is 11.5. The zero-order valence-electron chi connectivity index (χ0n) is 15.0. The summed E-state index contributed by atoms with van der Waals surface area (Å²) in [5, 5.41) is 0. The Balaban J connectivity index is 0.000000309. The fourth-order valence-corrected chi connectivity index (χ4v) is 2.56. The minimum Gasteiger partial charge on any atom is -0.460 e. The van der Waals surface area contributed by atoms with Gasteiger partial charge in [-0.25, -0.2) is 0 Å². The van der Waals surface area contributed by atoms with Crippen LogP contribution in [0.1, 0.15) is 24.8 Å². The average molecular weight is 394 g/mol. The molecule has 0 heterocycles. The molecule has 0 aliphatic carbocycles. The monoisotopic (exact) mass is 394 g/mol. The molecule has 5 N–H and O–H groups in total. The highest BCUT2D eigenvalue weighted by Gasteiger charge is 2.14. The third-order valence-corrected chi connectivity index (χ3v) is 4.40. The van der Waals surface area contributed by atoms with Crippen molar-refractivity contribution in [1.82, 2.24) is 0 Å². The molecule has 0 radical (unpaired) electrons. The molecule has 0 saturated carbocycles. The van der Waals surface area contributed by atoms with E-state index in [2.05, 4.69) is 0 Å². The van der Waals surface area contributed by atoms with Crippen molar-refractivity contribution in [3.63, 3.8) is 0 Å². The molecule has 27 heavy (non-hydrogen) atoms. The summed E-state index contributed by atoms with van der Waals surface area (Å²) in [6, 6.07) is 16.4. The lowest BCUT2D eigenvalue weighted by Gasteiger charge is -2.11. The SMILES string of the molecule is NCCCC[C@H](N)C(=O)OCc1ccccc1.O=S(=O)(O)c1ccccc1. The van der Waals surface area contributed by atoms with Gasteiger partial charge in [-0.05, 0) is 37.1 Å². The highest BCUT2D eigenvalue weighted by atomic mass is 32.2. The highest BCUT2D eigenvalue weighted by molar-refractivity contribution is 7.85. The van der Waals surface area contributed by atoms with Gasteiger partial charge in [0, 0.05) is 0 Å². The first-order chi connectivity index (χ1) is 12.8. The maximum Gasteiger partial charge on any atom is 0.323 e. The highest BCUT2D eigenvalue weighted by Crippen LogP contribution is 2.05. The Morgan fingerprint density at radius 1 is 1.00 bits per heavy atom. The van der Waals surface area contributed by atoms with Crippen molar-refractivity contribution in [2.45, 2.75) is 36.8 Å². The number of benzene rings is 2. The summed E-state index contributed by atoms with van der Waals surface area (Å²) in [6.45, 7) is 0.913. The van der Waals surface area contributed by atoms with Crippen LogP contribution < -0.4 is 11.5 Å². The van der Waals surface area contributed by atoms with Crippen molar-refractivity contribution < 1.29 is 22.5 Å². The summed E-state index contributed by atoms with van der Waals surface area (Å²) >= 11 is 0. The molecule has 148 valence electrons. The van der Waals surface area contributed by atoms with Crippen LogP contribution >= 0.6 is 0 Å². The van der Waals surface area contributed by atoms with Crippen LogP contribution in [0.5, 0.6) is 0 Å². The second-order valence-electron chi connectivity index (χ2n) is 5.77. The molecule has 0 aromatic heterocycles. The largest absolute Gasteiger partial charge is 0.460 e. The van der Waals surface area contributed by atoms with E-state index < -0.39 is 16.2 Å². The first-order valence-corrected chi connectivity index (χ1v) is 9.97. The van der Waals surface area contributed by atoms with Gasteiger partial charge < -0.3 is 16.2 Å². The van der Waals surface area contributed by atoms with Crippen LogP contribution in [0, 0.1) is 0 Å². The number of unbranched alkanes of at least 4 members (excludes halogenated alkanes) is 1. The third-order valence-electron chi connectivity index (χ3n) is 3.54. The molecular formula is C19H26N2O5S. The summed E-state index contributed by atoms with van der Waals surface area (Å²) in [4.78, 5) is 11.5. The third kappa shape index (κ3) is 9.86. The van der Waals surface area contributed by atoms with Crippen LogP contribution in [0.25, 0.3) is 0 Å². The van der Waals surface area contributed by atoms with Crippen LogP contribution in [0.2, 0.25) is 0 Å². The molecule has 2 rings (SSSR count). The lowest BCUT2D eigenvalue weighted by atomic mass is 10.1. The van der Waals surface area contributed by atoms with Crippen LogP contribution in [0.4, 0.5) is 0 Å². The van der Waals surface area contributed by atoms with Crippen molar-refractivity contribution in [2.24, 2.45) is 11.5 Å². The molecule has 1 atom stereocenters.